The maximum absolute atomic E-state index is 12.0. The van der Waals surface area contributed by atoms with Crippen molar-refractivity contribution in [2.75, 3.05) is 11.6 Å². The molecule has 1 amide bonds. The molecule has 0 saturated heterocycles. The molecule has 0 aliphatic carbocycles. The Morgan fingerprint density at radius 1 is 1.29 bits per heavy atom. The third kappa shape index (κ3) is 3.40. The molecule has 2 aromatic heterocycles. The number of rotatable bonds is 4. The Morgan fingerprint density at radius 2 is 2.12 bits per heavy atom. The number of nitrogens with one attached hydrogen (secondary N) is 1. The number of carbonyl (C=O) groups excluding carboxylic acids is 1. The average molecular weight is 345 g/mol. The Kier molecular flexibility index (Phi) is 4.26. The van der Waals surface area contributed by atoms with Crippen LogP contribution in [0.15, 0.2) is 52.9 Å². The summed E-state index contributed by atoms with van der Waals surface area (Å²) in [5.74, 6) is -0.815. The second kappa shape index (κ2) is 6.36. The van der Waals surface area contributed by atoms with Crippen LogP contribution in [0.25, 0.3) is 0 Å². The van der Waals surface area contributed by atoms with E-state index in [0.29, 0.717) is 12.2 Å². The van der Waals surface area contributed by atoms with Gasteiger partial charge in [-0.25, -0.2) is 9.71 Å². The third-order valence-corrected chi connectivity index (χ3v) is 4.71. The summed E-state index contributed by atoms with van der Waals surface area (Å²) in [4.78, 5) is 19.2. The smallest absolute Gasteiger partial charge is 0.274 e. The second-order valence-corrected chi connectivity index (χ2v) is 6.86. The van der Waals surface area contributed by atoms with Gasteiger partial charge >= 0.3 is 0 Å². The fourth-order valence-corrected chi connectivity index (χ4v) is 3.28. The first kappa shape index (κ1) is 16.1. The van der Waals surface area contributed by atoms with Gasteiger partial charge in [0, 0.05) is 19.3 Å². The lowest BCUT2D eigenvalue weighted by Crippen LogP contribution is -2.29. The molecule has 24 heavy (non-hydrogen) atoms. The van der Waals surface area contributed by atoms with Crippen molar-refractivity contribution in [2.24, 2.45) is 5.10 Å². The van der Waals surface area contributed by atoms with Crippen LogP contribution in [0.3, 0.4) is 0 Å². The Morgan fingerprint density at radius 3 is 2.83 bits per heavy atom. The molecule has 0 spiro atoms. The number of carbonyl (C=O) groups is 1. The SMILES string of the molecule is CC(=O)NS(=O)(=O)c1cccc(C2C=NN(c3cccnc3)C2)n1. The standard InChI is InChI=1S/C15H15N5O3S/c1-11(21)19-24(22,23)15-6-2-5-14(18-15)12-8-17-20(10-12)13-4-3-7-16-9-13/h2-9,12H,10H2,1H3,(H,19,21). The second-order valence-electron chi connectivity index (χ2n) is 5.23. The lowest BCUT2D eigenvalue weighted by molar-refractivity contribution is -0.117. The van der Waals surface area contributed by atoms with Gasteiger partial charge in [0.2, 0.25) is 5.91 Å². The van der Waals surface area contributed by atoms with Crippen LogP contribution in [-0.2, 0) is 14.8 Å². The van der Waals surface area contributed by atoms with Gasteiger partial charge < -0.3 is 0 Å². The number of pyridine rings is 2. The van der Waals surface area contributed by atoms with Gasteiger partial charge in [-0.1, -0.05) is 6.07 Å². The van der Waals surface area contributed by atoms with E-state index in [1.165, 1.54) is 6.07 Å². The molecule has 1 aliphatic heterocycles. The molecule has 0 aromatic carbocycles. The molecule has 1 unspecified atom stereocenters. The third-order valence-electron chi connectivity index (χ3n) is 3.38. The number of hydrogen-bond acceptors (Lipinski definition) is 7. The number of anilines is 1. The molecule has 2 aromatic rings. The number of hydrazone groups is 1. The molecule has 9 heteroatoms. The van der Waals surface area contributed by atoms with Crippen LogP contribution in [0.5, 0.6) is 0 Å². The Bertz CT molecular complexity index is 883. The molecule has 0 saturated carbocycles. The summed E-state index contributed by atoms with van der Waals surface area (Å²) in [6.07, 6.45) is 5.09. The highest BCUT2D eigenvalue weighted by Gasteiger charge is 2.24. The number of amides is 1. The first-order valence-electron chi connectivity index (χ1n) is 7.18. The number of nitrogens with zero attached hydrogens (tertiary/aromatic N) is 4. The van der Waals surface area contributed by atoms with Gasteiger partial charge in [-0.2, -0.15) is 13.5 Å². The van der Waals surface area contributed by atoms with Crippen molar-refractivity contribution in [3.63, 3.8) is 0 Å². The summed E-state index contributed by atoms with van der Waals surface area (Å²) in [7, 11) is -3.96. The molecule has 8 nitrogen and oxygen atoms in total. The number of sulfonamides is 1. The van der Waals surface area contributed by atoms with Crippen molar-refractivity contribution in [1.29, 1.82) is 0 Å². The molecule has 124 valence electrons. The average Bonchev–Trinajstić information content (AvgIpc) is 3.05. The fraction of sp³-hybridized carbons (Fsp3) is 0.200. The van der Waals surface area contributed by atoms with Crippen molar-refractivity contribution in [3.05, 3.63) is 48.4 Å². The van der Waals surface area contributed by atoms with Crippen LogP contribution in [0, 0.1) is 0 Å². The van der Waals surface area contributed by atoms with Crippen molar-refractivity contribution in [3.8, 4) is 0 Å². The molecular formula is C15H15N5O3S. The zero-order chi connectivity index (χ0) is 17.2. The van der Waals surface area contributed by atoms with Gasteiger partial charge in [-0.3, -0.25) is 14.8 Å². The van der Waals surface area contributed by atoms with Gasteiger partial charge in [0.15, 0.2) is 5.03 Å². The lowest BCUT2D eigenvalue weighted by Gasteiger charge is -2.15. The predicted molar refractivity (Wildman–Crippen MR) is 88.1 cm³/mol. The van der Waals surface area contributed by atoms with Gasteiger partial charge in [0.25, 0.3) is 10.0 Å². The van der Waals surface area contributed by atoms with E-state index < -0.39 is 15.9 Å². The molecule has 0 bridgehead atoms. The van der Waals surface area contributed by atoms with Crippen LogP contribution in [0.1, 0.15) is 18.5 Å². The summed E-state index contributed by atoms with van der Waals surface area (Å²) >= 11 is 0. The molecule has 0 radical (unpaired) electrons. The van der Waals surface area contributed by atoms with E-state index in [4.69, 9.17) is 0 Å². The van der Waals surface area contributed by atoms with Crippen molar-refractivity contribution in [1.82, 2.24) is 14.7 Å². The zero-order valence-corrected chi connectivity index (χ0v) is 13.6. The maximum Gasteiger partial charge on any atom is 0.281 e. The Hall–Kier alpha value is -2.81. The molecule has 0 fully saturated rings. The van der Waals surface area contributed by atoms with Gasteiger partial charge in [0.05, 0.1) is 30.0 Å². The predicted octanol–water partition coefficient (Wildman–Crippen LogP) is 0.891. The number of aromatic nitrogens is 2. The van der Waals surface area contributed by atoms with Gasteiger partial charge in [-0.05, 0) is 24.3 Å². The highest BCUT2D eigenvalue weighted by Crippen LogP contribution is 2.24. The van der Waals surface area contributed by atoms with Gasteiger partial charge in [0.1, 0.15) is 0 Å². The first-order chi connectivity index (χ1) is 11.5. The van der Waals surface area contributed by atoms with Gasteiger partial charge in [-0.15, -0.1) is 0 Å². The largest absolute Gasteiger partial charge is 0.281 e. The summed E-state index contributed by atoms with van der Waals surface area (Å²) in [5.41, 5.74) is 1.41. The topological polar surface area (TPSA) is 105 Å². The minimum atomic E-state index is -3.96. The molecule has 1 atom stereocenters. The molecule has 3 heterocycles. The summed E-state index contributed by atoms with van der Waals surface area (Å²) in [6, 6.07) is 8.38. The van der Waals surface area contributed by atoms with Crippen LogP contribution in [-0.4, -0.2) is 37.1 Å². The van der Waals surface area contributed by atoms with E-state index in [0.717, 1.165) is 12.6 Å². The van der Waals surface area contributed by atoms with Crippen molar-refractivity contribution < 1.29 is 13.2 Å². The minimum absolute atomic E-state index is 0.155. The maximum atomic E-state index is 12.0. The Labute approximate surface area is 139 Å². The summed E-state index contributed by atoms with van der Waals surface area (Å²) < 4.78 is 26.0. The summed E-state index contributed by atoms with van der Waals surface area (Å²) in [6.45, 7) is 1.67. The van der Waals surface area contributed by atoms with Crippen LogP contribution in [0.4, 0.5) is 5.69 Å². The highest BCUT2D eigenvalue weighted by molar-refractivity contribution is 7.90. The van der Waals surface area contributed by atoms with E-state index in [9.17, 15) is 13.2 Å². The van der Waals surface area contributed by atoms with Crippen molar-refractivity contribution in [2.45, 2.75) is 17.9 Å². The summed E-state index contributed by atoms with van der Waals surface area (Å²) in [5, 5.41) is 5.89. The van der Waals surface area contributed by atoms with E-state index in [-0.39, 0.29) is 10.9 Å². The minimum Gasteiger partial charge on any atom is -0.274 e. The van der Waals surface area contributed by atoms with Crippen LogP contribution < -0.4 is 9.73 Å². The molecule has 3 rings (SSSR count). The monoisotopic (exact) mass is 345 g/mol. The normalized spacial score (nSPS) is 17.0. The first-order valence-corrected chi connectivity index (χ1v) is 8.66. The van der Waals surface area contributed by atoms with E-state index in [1.54, 1.807) is 35.7 Å². The highest BCUT2D eigenvalue weighted by atomic mass is 32.2. The molecular weight excluding hydrogens is 330 g/mol. The molecule has 1 aliphatic rings. The van der Waals surface area contributed by atoms with Crippen LogP contribution >= 0.6 is 0 Å². The van der Waals surface area contributed by atoms with E-state index in [1.807, 2.05) is 16.9 Å². The zero-order valence-electron chi connectivity index (χ0n) is 12.8. The van der Waals surface area contributed by atoms with E-state index >= 15 is 0 Å². The fourth-order valence-electron chi connectivity index (χ4n) is 2.32. The van der Waals surface area contributed by atoms with Crippen LogP contribution in [0.2, 0.25) is 0 Å². The quantitative estimate of drug-likeness (QED) is 0.882. The lowest BCUT2D eigenvalue weighted by atomic mass is 10.1. The van der Waals surface area contributed by atoms with E-state index in [2.05, 4.69) is 15.1 Å². The Balaban J connectivity index is 1.81. The molecule has 1 N–H and O–H groups in total. The number of hydrogen-bond donors (Lipinski definition) is 1. The van der Waals surface area contributed by atoms with Crippen molar-refractivity contribution >= 4 is 27.8 Å².